The molecule has 2 aromatic rings. The van der Waals surface area contributed by atoms with Gasteiger partial charge in [0.2, 0.25) is 5.91 Å². The van der Waals surface area contributed by atoms with Gasteiger partial charge in [-0.25, -0.2) is 0 Å². The van der Waals surface area contributed by atoms with Gasteiger partial charge in [-0.15, -0.1) is 0 Å². The van der Waals surface area contributed by atoms with Gasteiger partial charge in [-0.05, 0) is 37.1 Å². The van der Waals surface area contributed by atoms with Crippen molar-refractivity contribution in [2.24, 2.45) is 11.7 Å². The van der Waals surface area contributed by atoms with E-state index in [-0.39, 0.29) is 12.8 Å². The molecule has 0 saturated carbocycles. The molecule has 0 radical (unpaired) electrons. The van der Waals surface area contributed by atoms with Gasteiger partial charge in [0, 0.05) is 5.92 Å². The van der Waals surface area contributed by atoms with Crippen molar-refractivity contribution in [3.8, 4) is 0 Å². The monoisotopic (exact) mass is 279 g/mol. The van der Waals surface area contributed by atoms with E-state index in [1.807, 2.05) is 0 Å². The first kappa shape index (κ1) is 14.4. The number of primary amides is 1. The minimum atomic E-state index is -0.939. The van der Waals surface area contributed by atoms with Crippen molar-refractivity contribution in [2.45, 2.75) is 25.0 Å². The number of aliphatic hydroxyl groups is 2. The fourth-order valence-corrected chi connectivity index (χ4v) is 2.06. The molecule has 4 N–H and O–H groups in total. The topological polar surface area (TPSA) is 110 Å². The summed E-state index contributed by atoms with van der Waals surface area (Å²) >= 11 is 0. The van der Waals surface area contributed by atoms with Crippen LogP contribution >= 0.6 is 0 Å². The predicted octanol–water partition coefficient (Wildman–Crippen LogP) is 1.52. The Bertz CT molecular complexity index is 478. The molecule has 2 aromatic heterocycles. The van der Waals surface area contributed by atoms with Gasteiger partial charge in [0.05, 0.1) is 12.5 Å². The molecule has 0 aromatic carbocycles. The number of aliphatic hydroxyl groups excluding tert-OH is 2. The van der Waals surface area contributed by atoms with Crippen molar-refractivity contribution < 1.29 is 23.8 Å². The Kier molecular flexibility index (Phi) is 4.60. The summed E-state index contributed by atoms with van der Waals surface area (Å²) < 4.78 is 10.1. The minimum absolute atomic E-state index is 0.0839. The van der Waals surface area contributed by atoms with Crippen molar-refractivity contribution in [1.29, 1.82) is 0 Å². The predicted molar refractivity (Wildman–Crippen MR) is 69.3 cm³/mol. The summed E-state index contributed by atoms with van der Waals surface area (Å²) in [6, 6.07) is 6.53. The first-order valence-electron chi connectivity index (χ1n) is 6.30. The van der Waals surface area contributed by atoms with Crippen LogP contribution in [0.1, 0.15) is 36.6 Å². The maximum Gasteiger partial charge on any atom is 0.220 e. The highest BCUT2D eigenvalue weighted by molar-refractivity contribution is 5.76. The highest BCUT2D eigenvalue weighted by Crippen LogP contribution is 2.28. The zero-order chi connectivity index (χ0) is 14.5. The lowest BCUT2D eigenvalue weighted by atomic mass is 9.92. The Hall–Kier alpha value is -2.05. The Labute approximate surface area is 115 Å². The minimum Gasteiger partial charge on any atom is -0.467 e. The molecule has 1 amide bonds. The van der Waals surface area contributed by atoms with Crippen LogP contribution in [-0.4, -0.2) is 16.1 Å². The zero-order valence-electron chi connectivity index (χ0n) is 10.8. The third-order valence-electron chi connectivity index (χ3n) is 3.16. The number of hydrogen-bond acceptors (Lipinski definition) is 5. The van der Waals surface area contributed by atoms with Crippen LogP contribution in [0.3, 0.4) is 0 Å². The van der Waals surface area contributed by atoms with Crippen LogP contribution in [-0.2, 0) is 4.79 Å². The fourth-order valence-electron chi connectivity index (χ4n) is 2.06. The molecule has 0 fully saturated rings. The lowest BCUT2D eigenvalue weighted by Crippen LogP contribution is -2.26. The quantitative estimate of drug-likeness (QED) is 0.711. The molecule has 6 heteroatoms. The Morgan fingerprint density at radius 3 is 1.80 bits per heavy atom. The van der Waals surface area contributed by atoms with Gasteiger partial charge in [0.25, 0.3) is 0 Å². The zero-order valence-corrected chi connectivity index (χ0v) is 10.8. The molecule has 0 aliphatic carbocycles. The summed E-state index contributed by atoms with van der Waals surface area (Å²) in [5.74, 6) is -0.538. The van der Waals surface area contributed by atoms with E-state index in [1.54, 1.807) is 24.3 Å². The van der Waals surface area contributed by atoms with Gasteiger partial charge in [-0.2, -0.15) is 0 Å². The third-order valence-corrected chi connectivity index (χ3v) is 3.16. The van der Waals surface area contributed by atoms with Crippen LogP contribution in [0.25, 0.3) is 0 Å². The summed E-state index contributed by atoms with van der Waals surface area (Å²) in [5, 5.41) is 19.9. The SMILES string of the molecule is NC(=O)C(CC(O)c1ccco1)CC(O)c1ccco1. The number of hydrogen-bond donors (Lipinski definition) is 3. The van der Waals surface area contributed by atoms with Gasteiger partial charge in [-0.1, -0.05) is 0 Å². The van der Waals surface area contributed by atoms with E-state index < -0.39 is 24.0 Å². The molecule has 0 aliphatic heterocycles. The van der Waals surface area contributed by atoms with Gasteiger partial charge in [0.1, 0.15) is 23.7 Å². The summed E-state index contributed by atoms with van der Waals surface area (Å²) in [5.41, 5.74) is 5.32. The van der Waals surface area contributed by atoms with E-state index in [2.05, 4.69) is 0 Å². The molecule has 20 heavy (non-hydrogen) atoms. The molecular formula is C14H17NO5. The molecular weight excluding hydrogens is 262 g/mol. The van der Waals surface area contributed by atoms with E-state index in [0.29, 0.717) is 11.5 Å². The van der Waals surface area contributed by atoms with E-state index in [0.717, 1.165) is 0 Å². The maximum atomic E-state index is 11.4. The van der Waals surface area contributed by atoms with Gasteiger partial charge >= 0.3 is 0 Å². The number of amides is 1. The van der Waals surface area contributed by atoms with E-state index in [1.165, 1.54) is 12.5 Å². The van der Waals surface area contributed by atoms with Crippen LogP contribution in [0.2, 0.25) is 0 Å². The molecule has 108 valence electrons. The van der Waals surface area contributed by atoms with Crippen LogP contribution in [0, 0.1) is 5.92 Å². The molecule has 2 heterocycles. The van der Waals surface area contributed by atoms with Crippen molar-refractivity contribution in [3.63, 3.8) is 0 Å². The smallest absolute Gasteiger partial charge is 0.220 e. The summed E-state index contributed by atoms with van der Waals surface area (Å²) in [6.45, 7) is 0. The van der Waals surface area contributed by atoms with Crippen molar-refractivity contribution in [3.05, 3.63) is 48.3 Å². The van der Waals surface area contributed by atoms with Crippen molar-refractivity contribution in [1.82, 2.24) is 0 Å². The average molecular weight is 279 g/mol. The van der Waals surface area contributed by atoms with Gasteiger partial charge in [0.15, 0.2) is 0 Å². The molecule has 0 bridgehead atoms. The number of carbonyl (C=O) groups excluding carboxylic acids is 1. The molecule has 2 atom stereocenters. The lowest BCUT2D eigenvalue weighted by molar-refractivity contribution is -0.124. The molecule has 2 unspecified atom stereocenters. The summed E-state index contributed by atoms with van der Waals surface area (Å²) in [7, 11) is 0. The van der Waals surface area contributed by atoms with Crippen molar-refractivity contribution in [2.75, 3.05) is 0 Å². The second kappa shape index (κ2) is 6.40. The Morgan fingerprint density at radius 1 is 1.05 bits per heavy atom. The summed E-state index contributed by atoms with van der Waals surface area (Å²) in [6.07, 6.45) is 1.17. The van der Waals surface area contributed by atoms with Crippen molar-refractivity contribution >= 4 is 5.91 Å². The highest BCUT2D eigenvalue weighted by Gasteiger charge is 2.26. The standard InChI is InChI=1S/C14H17NO5/c15-14(18)9(7-10(16)12-3-1-5-19-12)8-11(17)13-4-2-6-20-13/h1-6,9-11,16-17H,7-8H2,(H2,15,18). The Morgan fingerprint density at radius 2 is 1.50 bits per heavy atom. The van der Waals surface area contributed by atoms with E-state index in [9.17, 15) is 15.0 Å². The number of carbonyl (C=O) groups is 1. The average Bonchev–Trinajstić information content (AvgIpc) is 3.10. The largest absolute Gasteiger partial charge is 0.467 e. The highest BCUT2D eigenvalue weighted by atomic mass is 16.4. The summed E-state index contributed by atoms with van der Waals surface area (Å²) in [4.78, 5) is 11.4. The second-order valence-electron chi connectivity index (χ2n) is 4.63. The van der Waals surface area contributed by atoms with Gasteiger partial charge in [-0.3, -0.25) is 4.79 Å². The normalized spacial score (nSPS) is 15.7. The Balaban J connectivity index is 1.99. The second-order valence-corrected chi connectivity index (χ2v) is 4.63. The first-order chi connectivity index (χ1) is 9.58. The lowest BCUT2D eigenvalue weighted by Gasteiger charge is -2.18. The number of rotatable bonds is 7. The van der Waals surface area contributed by atoms with E-state index in [4.69, 9.17) is 14.6 Å². The number of furan rings is 2. The van der Waals surface area contributed by atoms with E-state index >= 15 is 0 Å². The fraction of sp³-hybridized carbons (Fsp3) is 0.357. The first-order valence-corrected chi connectivity index (χ1v) is 6.30. The van der Waals surface area contributed by atoms with Crippen LogP contribution in [0.15, 0.2) is 45.6 Å². The van der Waals surface area contributed by atoms with Gasteiger partial charge < -0.3 is 24.8 Å². The van der Waals surface area contributed by atoms with Crippen LogP contribution in [0.5, 0.6) is 0 Å². The molecule has 0 aliphatic rings. The molecule has 2 rings (SSSR count). The maximum absolute atomic E-state index is 11.4. The third kappa shape index (κ3) is 3.49. The molecule has 6 nitrogen and oxygen atoms in total. The van der Waals surface area contributed by atoms with Crippen LogP contribution in [0.4, 0.5) is 0 Å². The molecule has 0 spiro atoms. The number of nitrogens with two attached hydrogens (primary N) is 1. The molecule has 0 saturated heterocycles. The van der Waals surface area contributed by atoms with Crippen LogP contribution < -0.4 is 5.73 Å².